The second kappa shape index (κ2) is 7.13. The van der Waals surface area contributed by atoms with Crippen molar-refractivity contribution >= 4 is 29.9 Å². The summed E-state index contributed by atoms with van der Waals surface area (Å²) in [5, 5.41) is 3.69. The molecule has 1 aromatic rings. The maximum atomic E-state index is 12.5. The van der Waals surface area contributed by atoms with Gasteiger partial charge in [-0.1, -0.05) is 17.7 Å². The Kier molecular flexibility index (Phi) is 6.11. The van der Waals surface area contributed by atoms with Crippen molar-refractivity contribution in [2.24, 2.45) is 0 Å². The number of nitrogens with zero attached hydrogens (tertiary/aromatic N) is 1. The van der Waals surface area contributed by atoms with Gasteiger partial charge in [0, 0.05) is 19.1 Å². The third-order valence-electron chi connectivity index (χ3n) is 3.43. The standard InChI is InChI=1S/C14H19ClN2O.ClH/c1-10-5-6-12(13(15)8-10)14(18)17-7-3-4-11(17)9-16-2;/h5-6,8,11,16H,3-4,7,9H2,1-2H3;1H. The molecular weight excluding hydrogens is 283 g/mol. The van der Waals surface area contributed by atoms with E-state index < -0.39 is 0 Å². The average molecular weight is 303 g/mol. The fourth-order valence-electron chi connectivity index (χ4n) is 2.50. The molecule has 3 nitrogen and oxygen atoms in total. The number of halogens is 2. The molecule has 0 aromatic heterocycles. The second-order valence-electron chi connectivity index (χ2n) is 4.84. The van der Waals surface area contributed by atoms with E-state index in [1.54, 1.807) is 0 Å². The van der Waals surface area contributed by atoms with Crippen LogP contribution in [0.2, 0.25) is 5.02 Å². The largest absolute Gasteiger partial charge is 0.334 e. The maximum absolute atomic E-state index is 12.5. The zero-order valence-electron chi connectivity index (χ0n) is 11.3. The molecule has 1 atom stereocenters. The third kappa shape index (κ3) is 3.62. The van der Waals surface area contributed by atoms with Crippen LogP contribution in [-0.4, -0.2) is 37.0 Å². The van der Waals surface area contributed by atoms with E-state index in [0.717, 1.165) is 31.5 Å². The molecule has 1 aromatic carbocycles. The molecule has 19 heavy (non-hydrogen) atoms. The smallest absolute Gasteiger partial charge is 0.255 e. The van der Waals surface area contributed by atoms with Crippen molar-refractivity contribution in [3.05, 3.63) is 34.3 Å². The number of rotatable bonds is 3. The van der Waals surface area contributed by atoms with Crippen LogP contribution in [0, 0.1) is 6.92 Å². The zero-order valence-corrected chi connectivity index (χ0v) is 12.9. The highest BCUT2D eigenvalue weighted by atomic mass is 35.5. The Morgan fingerprint density at radius 2 is 2.26 bits per heavy atom. The lowest BCUT2D eigenvalue weighted by Gasteiger charge is -2.25. The van der Waals surface area contributed by atoms with Crippen LogP contribution in [0.3, 0.4) is 0 Å². The van der Waals surface area contributed by atoms with Gasteiger partial charge in [-0.15, -0.1) is 12.4 Å². The van der Waals surface area contributed by atoms with Crippen LogP contribution >= 0.6 is 24.0 Å². The molecule has 1 heterocycles. The molecule has 1 aliphatic rings. The summed E-state index contributed by atoms with van der Waals surface area (Å²) in [6.07, 6.45) is 2.14. The number of aryl methyl sites for hydroxylation is 1. The van der Waals surface area contributed by atoms with Gasteiger partial charge in [0.25, 0.3) is 5.91 Å². The Bertz CT molecular complexity index is 451. The third-order valence-corrected chi connectivity index (χ3v) is 3.75. The van der Waals surface area contributed by atoms with Crippen LogP contribution in [0.1, 0.15) is 28.8 Å². The summed E-state index contributed by atoms with van der Waals surface area (Å²) in [6, 6.07) is 5.90. The van der Waals surface area contributed by atoms with Crippen molar-refractivity contribution in [3.63, 3.8) is 0 Å². The number of benzene rings is 1. The maximum Gasteiger partial charge on any atom is 0.255 e. The van der Waals surface area contributed by atoms with E-state index in [1.807, 2.05) is 37.1 Å². The lowest BCUT2D eigenvalue weighted by molar-refractivity contribution is 0.0737. The van der Waals surface area contributed by atoms with Crippen molar-refractivity contribution in [3.8, 4) is 0 Å². The van der Waals surface area contributed by atoms with Gasteiger partial charge < -0.3 is 10.2 Å². The first kappa shape index (κ1) is 16.3. The first-order chi connectivity index (χ1) is 8.63. The number of hydrogen-bond donors (Lipinski definition) is 1. The SMILES string of the molecule is CNCC1CCCN1C(=O)c1ccc(C)cc1Cl.Cl. The molecular formula is C14H20Cl2N2O. The quantitative estimate of drug-likeness (QED) is 0.931. The molecule has 106 valence electrons. The molecule has 1 aliphatic heterocycles. The number of amides is 1. The predicted octanol–water partition coefficient (Wildman–Crippen LogP) is 2.89. The van der Waals surface area contributed by atoms with E-state index in [4.69, 9.17) is 11.6 Å². The molecule has 1 saturated heterocycles. The monoisotopic (exact) mass is 302 g/mol. The van der Waals surface area contributed by atoms with Crippen LogP contribution in [0.5, 0.6) is 0 Å². The predicted molar refractivity (Wildman–Crippen MR) is 81.4 cm³/mol. The van der Waals surface area contributed by atoms with Gasteiger partial charge in [0.1, 0.15) is 0 Å². The molecule has 5 heteroatoms. The van der Waals surface area contributed by atoms with E-state index in [0.29, 0.717) is 16.6 Å². The lowest BCUT2D eigenvalue weighted by atomic mass is 10.1. The topological polar surface area (TPSA) is 32.3 Å². The van der Waals surface area contributed by atoms with Crippen molar-refractivity contribution in [1.29, 1.82) is 0 Å². The van der Waals surface area contributed by atoms with Gasteiger partial charge in [0.2, 0.25) is 0 Å². The number of likely N-dealkylation sites (N-methyl/N-ethyl adjacent to an activating group) is 1. The highest BCUT2D eigenvalue weighted by Gasteiger charge is 2.29. The summed E-state index contributed by atoms with van der Waals surface area (Å²) >= 11 is 6.16. The highest BCUT2D eigenvalue weighted by Crippen LogP contribution is 2.24. The first-order valence-corrected chi connectivity index (χ1v) is 6.73. The molecule has 0 radical (unpaired) electrons. The molecule has 1 N–H and O–H groups in total. The van der Waals surface area contributed by atoms with Gasteiger partial charge in [-0.3, -0.25) is 4.79 Å². The van der Waals surface area contributed by atoms with Crippen molar-refractivity contribution < 1.29 is 4.79 Å². The fourth-order valence-corrected chi connectivity index (χ4v) is 2.82. The van der Waals surface area contributed by atoms with Crippen LogP contribution in [0.15, 0.2) is 18.2 Å². The minimum absolute atomic E-state index is 0. The van der Waals surface area contributed by atoms with Crippen molar-refractivity contribution in [1.82, 2.24) is 10.2 Å². The zero-order chi connectivity index (χ0) is 13.1. The van der Waals surface area contributed by atoms with Crippen molar-refractivity contribution in [2.75, 3.05) is 20.1 Å². The Morgan fingerprint density at radius 1 is 1.53 bits per heavy atom. The Labute approximate surface area is 125 Å². The molecule has 1 fully saturated rings. The van der Waals surface area contributed by atoms with E-state index >= 15 is 0 Å². The van der Waals surface area contributed by atoms with E-state index in [9.17, 15) is 4.79 Å². The minimum atomic E-state index is 0. The summed E-state index contributed by atoms with van der Waals surface area (Å²) in [4.78, 5) is 14.4. The van der Waals surface area contributed by atoms with E-state index in [2.05, 4.69) is 5.32 Å². The lowest BCUT2D eigenvalue weighted by Crippen LogP contribution is -2.40. The first-order valence-electron chi connectivity index (χ1n) is 6.35. The molecule has 0 bridgehead atoms. The molecule has 0 saturated carbocycles. The molecule has 1 amide bonds. The molecule has 2 rings (SSSR count). The summed E-state index contributed by atoms with van der Waals surface area (Å²) in [5.41, 5.74) is 1.69. The second-order valence-corrected chi connectivity index (χ2v) is 5.24. The van der Waals surface area contributed by atoms with Gasteiger partial charge in [0.05, 0.1) is 10.6 Å². The Balaban J connectivity index is 0.00000180. The molecule has 1 unspecified atom stereocenters. The van der Waals surface area contributed by atoms with Gasteiger partial charge in [-0.25, -0.2) is 0 Å². The van der Waals surface area contributed by atoms with Crippen LogP contribution < -0.4 is 5.32 Å². The summed E-state index contributed by atoms with van der Waals surface area (Å²) in [5.74, 6) is 0.0535. The van der Waals surface area contributed by atoms with Crippen LogP contribution in [0.4, 0.5) is 0 Å². The highest BCUT2D eigenvalue weighted by molar-refractivity contribution is 6.33. The van der Waals surface area contributed by atoms with Crippen LogP contribution in [-0.2, 0) is 0 Å². The van der Waals surface area contributed by atoms with Gasteiger partial charge in [0.15, 0.2) is 0 Å². The number of carbonyl (C=O) groups excluding carboxylic acids is 1. The number of carbonyl (C=O) groups is 1. The number of nitrogens with one attached hydrogen (secondary N) is 1. The van der Waals surface area contributed by atoms with Crippen LogP contribution in [0.25, 0.3) is 0 Å². The average Bonchev–Trinajstić information content (AvgIpc) is 2.77. The summed E-state index contributed by atoms with van der Waals surface area (Å²) in [6.45, 7) is 3.64. The van der Waals surface area contributed by atoms with E-state index in [-0.39, 0.29) is 18.3 Å². The Hall–Kier alpha value is -0.770. The summed E-state index contributed by atoms with van der Waals surface area (Å²) < 4.78 is 0. The fraction of sp³-hybridized carbons (Fsp3) is 0.500. The molecule has 0 spiro atoms. The molecule has 0 aliphatic carbocycles. The van der Waals surface area contributed by atoms with Gasteiger partial charge >= 0.3 is 0 Å². The summed E-state index contributed by atoms with van der Waals surface area (Å²) in [7, 11) is 1.92. The van der Waals surface area contributed by atoms with E-state index in [1.165, 1.54) is 0 Å². The normalized spacial score (nSPS) is 18.3. The number of hydrogen-bond acceptors (Lipinski definition) is 2. The Morgan fingerprint density at radius 3 is 2.89 bits per heavy atom. The van der Waals surface area contributed by atoms with Gasteiger partial charge in [-0.05, 0) is 44.5 Å². The van der Waals surface area contributed by atoms with Gasteiger partial charge in [-0.2, -0.15) is 0 Å². The van der Waals surface area contributed by atoms with Crippen molar-refractivity contribution in [2.45, 2.75) is 25.8 Å². The minimum Gasteiger partial charge on any atom is -0.334 e. The number of likely N-dealkylation sites (tertiary alicyclic amines) is 1.